The third-order valence-corrected chi connectivity index (χ3v) is 5.80. The number of nitrogens with zero attached hydrogens (tertiary/aromatic N) is 1. The van der Waals surface area contributed by atoms with E-state index in [9.17, 15) is 29.1 Å². The highest BCUT2D eigenvalue weighted by atomic mass is 16.4. The van der Waals surface area contributed by atoms with Gasteiger partial charge in [0.1, 0.15) is 18.1 Å². The average molecular weight is 529 g/mol. The van der Waals surface area contributed by atoms with Gasteiger partial charge in [-0.15, -0.1) is 0 Å². The van der Waals surface area contributed by atoms with Gasteiger partial charge in [-0.2, -0.15) is 0 Å². The summed E-state index contributed by atoms with van der Waals surface area (Å²) in [5, 5.41) is 29.1. The number of nitrogens with one attached hydrogen (secondary N) is 4. The molecule has 0 aliphatic carbocycles. The summed E-state index contributed by atoms with van der Waals surface area (Å²) in [6.45, 7) is 1.19. The van der Waals surface area contributed by atoms with E-state index in [1.807, 2.05) is 0 Å². The van der Waals surface area contributed by atoms with Crippen molar-refractivity contribution in [2.24, 2.45) is 22.2 Å². The van der Waals surface area contributed by atoms with Crippen molar-refractivity contribution < 1.29 is 34.2 Å². The third kappa shape index (κ3) is 12.9. The van der Waals surface area contributed by atoms with E-state index in [0.29, 0.717) is 32.4 Å². The molecule has 15 nitrogen and oxygen atoms in total. The zero-order valence-electron chi connectivity index (χ0n) is 20.9. The van der Waals surface area contributed by atoms with Gasteiger partial charge in [-0.3, -0.25) is 24.2 Å². The first kappa shape index (κ1) is 31.6. The lowest BCUT2D eigenvalue weighted by molar-refractivity contribution is -0.142. The number of carboxylic acids is 2. The number of carbonyl (C=O) groups is 5. The van der Waals surface area contributed by atoms with Gasteiger partial charge in [0.05, 0.1) is 6.04 Å². The Balaban J connectivity index is 2.91. The molecule has 0 aromatic rings. The van der Waals surface area contributed by atoms with Gasteiger partial charge in [-0.25, -0.2) is 4.79 Å². The van der Waals surface area contributed by atoms with E-state index >= 15 is 0 Å². The molecular formula is C22H40N8O7. The number of unbranched alkanes of at least 4 members (excludes halogenated alkanes) is 1. The Kier molecular flexibility index (Phi) is 14.6. The van der Waals surface area contributed by atoms with Crippen LogP contribution in [-0.4, -0.2) is 89.6 Å². The van der Waals surface area contributed by atoms with Crippen molar-refractivity contribution in [2.75, 3.05) is 19.6 Å². The predicted molar refractivity (Wildman–Crippen MR) is 134 cm³/mol. The molecule has 1 aliphatic rings. The number of aliphatic imine (C=N–C) groups is 1. The molecule has 0 radical (unpaired) electrons. The SMILES string of the molecule is NCCCCC(NC(=O)C(CCC(=O)O)NC(=O)C1CCCN1)C(=O)NC(CCCN=C(N)N)C(=O)O. The van der Waals surface area contributed by atoms with Crippen LogP contribution in [0, 0.1) is 0 Å². The van der Waals surface area contributed by atoms with Crippen LogP contribution in [0.5, 0.6) is 0 Å². The normalized spacial score (nSPS) is 17.2. The number of aliphatic carboxylic acids is 2. The molecule has 210 valence electrons. The average Bonchev–Trinajstić information content (AvgIpc) is 3.37. The molecule has 0 spiro atoms. The first-order valence-electron chi connectivity index (χ1n) is 12.4. The second-order valence-electron chi connectivity index (χ2n) is 8.84. The van der Waals surface area contributed by atoms with E-state index in [0.717, 1.165) is 6.42 Å². The van der Waals surface area contributed by atoms with Crippen molar-refractivity contribution >= 4 is 35.6 Å². The number of carboxylic acid groups (broad SMARTS) is 2. The summed E-state index contributed by atoms with van der Waals surface area (Å²) in [6, 6.07) is -4.04. The molecular weight excluding hydrogens is 488 g/mol. The summed E-state index contributed by atoms with van der Waals surface area (Å²) in [7, 11) is 0. The van der Waals surface area contributed by atoms with E-state index in [1.54, 1.807) is 0 Å². The van der Waals surface area contributed by atoms with Crippen LogP contribution in [-0.2, 0) is 24.0 Å². The van der Waals surface area contributed by atoms with Crippen molar-refractivity contribution in [2.45, 2.75) is 82.0 Å². The molecule has 1 saturated heterocycles. The van der Waals surface area contributed by atoms with Gasteiger partial charge in [-0.1, -0.05) is 0 Å². The molecule has 0 aromatic heterocycles. The van der Waals surface area contributed by atoms with Crippen molar-refractivity contribution in [3.05, 3.63) is 0 Å². The molecule has 4 atom stereocenters. The molecule has 12 N–H and O–H groups in total. The Hall–Kier alpha value is -3.46. The Morgan fingerprint density at radius 1 is 0.892 bits per heavy atom. The first-order chi connectivity index (χ1) is 17.5. The minimum atomic E-state index is -1.26. The van der Waals surface area contributed by atoms with E-state index in [4.69, 9.17) is 22.3 Å². The lowest BCUT2D eigenvalue weighted by atomic mass is 10.0. The summed E-state index contributed by atoms with van der Waals surface area (Å²) >= 11 is 0. The smallest absolute Gasteiger partial charge is 0.326 e. The highest BCUT2D eigenvalue weighted by molar-refractivity contribution is 5.94. The van der Waals surface area contributed by atoms with Crippen LogP contribution in [0.25, 0.3) is 0 Å². The lowest BCUT2D eigenvalue weighted by Crippen LogP contribution is -2.57. The Morgan fingerprint density at radius 3 is 2.05 bits per heavy atom. The van der Waals surface area contributed by atoms with Gasteiger partial charge in [0.25, 0.3) is 0 Å². The number of hydrogen-bond donors (Lipinski definition) is 9. The summed E-state index contributed by atoms with van der Waals surface area (Å²) in [5.74, 6) is -4.43. The van der Waals surface area contributed by atoms with Crippen LogP contribution < -0.4 is 38.5 Å². The molecule has 1 rings (SSSR count). The largest absolute Gasteiger partial charge is 0.481 e. The Morgan fingerprint density at radius 2 is 1.51 bits per heavy atom. The van der Waals surface area contributed by atoms with Crippen LogP contribution in [0.15, 0.2) is 4.99 Å². The molecule has 4 unspecified atom stereocenters. The summed E-state index contributed by atoms with van der Waals surface area (Å²) in [6.07, 6.45) is 2.36. The van der Waals surface area contributed by atoms with Crippen molar-refractivity contribution in [1.29, 1.82) is 0 Å². The maximum atomic E-state index is 13.0. The van der Waals surface area contributed by atoms with Gasteiger partial charge >= 0.3 is 11.9 Å². The number of guanidine groups is 1. The molecule has 0 bridgehead atoms. The van der Waals surface area contributed by atoms with Gasteiger partial charge in [-0.05, 0) is 64.5 Å². The quantitative estimate of drug-likeness (QED) is 0.0502. The molecule has 3 amide bonds. The maximum absolute atomic E-state index is 13.0. The van der Waals surface area contributed by atoms with Crippen LogP contribution >= 0.6 is 0 Å². The fourth-order valence-corrected chi connectivity index (χ4v) is 3.78. The molecule has 0 saturated carbocycles. The first-order valence-corrected chi connectivity index (χ1v) is 12.4. The topological polar surface area (TPSA) is 264 Å². The fourth-order valence-electron chi connectivity index (χ4n) is 3.78. The van der Waals surface area contributed by atoms with Crippen LogP contribution in [0.4, 0.5) is 0 Å². The second-order valence-corrected chi connectivity index (χ2v) is 8.84. The van der Waals surface area contributed by atoms with E-state index in [-0.39, 0.29) is 44.6 Å². The summed E-state index contributed by atoms with van der Waals surface area (Å²) in [4.78, 5) is 65.1. The second kappa shape index (κ2) is 17.1. The summed E-state index contributed by atoms with van der Waals surface area (Å²) < 4.78 is 0. The van der Waals surface area contributed by atoms with Crippen molar-refractivity contribution in [3.63, 3.8) is 0 Å². The van der Waals surface area contributed by atoms with Crippen LogP contribution in [0.1, 0.15) is 57.8 Å². The maximum Gasteiger partial charge on any atom is 0.326 e. The lowest BCUT2D eigenvalue weighted by Gasteiger charge is -2.25. The van der Waals surface area contributed by atoms with E-state index in [2.05, 4.69) is 26.3 Å². The molecule has 0 aromatic carbocycles. The minimum Gasteiger partial charge on any atom is -0.481 e. The van der Waals surface area contributed by atoms with Crippen LogP contribution in [0.3, 0.4) is 0 Å². The standard InChI is InChI=1S/C22H40N8O7/c23-10-2-1-5-14(19(34)30-16(21(36)37)7-4-12-27-22(24)25)28-20(35)15(8-9-17(31)32)29-18(33)13-6-3-11-26-13/h13-16,26H,1-12,23H2,(H,28,35)(H,29,33)(H,30,34)(H,31,32)(H,36,37)(H4,24,25,27). The Labute approximate surface area is 215 Å². The molecule has 1 heterocycles. The number of amides is 3. The van der Waals surface area contributed by atoms with Crippen LogP contribution in [0.2, 0.25) is 0 Å². The van der Waals surface area contributed by atoms with E-state index < -0.39 is 53.8 Å². The third-order valence-electron chi connectivity index (χ3n) is 5.80. The van der Waals surface area contributed by atoms with E-state index in [1.165, 1.54) is 0 Å². The van der Waals surface area contributed by atoms with Gasteiger partial charge < -0.3 is 48.7 Å². The van der Waals surface area contributed by atoms with Gasteiger partial charge in [0.15, 0.2) is 5.96 Å². The van der Waals surface area contributed by atoms with Gasteiger partial charge in [0, 0.05) is 13.0 Å². The highest BCUT2D eigenvalue weighted by Gasteiger charge is 2.31. The number of rotatable bonds is 18. The number of hydrogen-bond acceptors (Lipinski definition) is 8. The Bertz CT molecular complexity index is 813. The highest BCUT2D eigenvalue weighted by Crippen LogP contribution is 2.09. The number of nitrogens with two attached hydrogens (primary N) is 3. The van der Waals surface area contributed by atoms with Crippen molar-refractivity contribution in [1.82, 2.24) is 21.3 Å². The zero-order chi connectivity index (χ0) is 27.8. The monoisotopic (exact) mass is 528 g/mol. The minimum absolute atomic E-state index is 0.0486. The predicted octanol–water partition coefficient (Wildman–Crippen LogP) is -2.68. The molecule has 37 heavy (non-hydrogen) atoms. The summed E-state index contributed by atoms with van der Waals surface area (Å²) in [5.41, 5.74) is 16.0. The molecule has 1 fully saturated rings. The van der Waals surface area contributed by atoms with Gasteiger partial charge in [0.2, 0.25) is 17.7 Å². The zero-order valence-corrected chi connectivity index (χ0v) is 20.9. The number of carbonyl (C=O) groups excluding carboxylic acids is 3. The fraction of sp³-hybridized carbons (Fsp3) is 0.727. The molecule has 1 aliphatic heterocycles. The van der Waals surface area contributed by atoms with Crippen molar-refractivity contribution in [3.8, 4) is 0 Å². The molecule has 15 heteroatoms.